The zero-order valence-corrected chi connectivity index (χ0v) is 63.1. The molecule has 0 saturated heterocycles. The zero-order chi connectivity index (χ0) is 83.8. The van der Waals surface area contributed by atoms with Gasteiger partial charge in [0.25, 0.3) is 0 Å². The SMILES string of the molecule is CC(C)C[C@H](NC(=O)[C@H](CCCN=C(N)N)NC(=O)[C@H](CO)NC(=O)[C@H](Cc1cnc[nH]1)NC(=O)[C@H](CC(C)C)NC(=O)[C@@H](NC(=O)[C@H](Cc1cnc[nH]1)NC(=O)[C@H](CO)NC(=O)[C@H](CC(=O)O)NC(=O)[C@@H](N)CCCN=C(N)N)C(C)C)C(=O)N[C@@H](CO)C(=O)NCC(=O)N[C@@H](CCC(N)=O)C(=O)N[C@@H](CS)C(=O)O. The number of aliphatic carboxylic acids is 2. The molecule has 13 atom stereocenters. The smallest absolute Gasteiger partial charge is 0.327 e. The molecule has 2 heterocycles. The molecule has 0 bridgehead atoms. The van der Waals surface area contributed by atoms with E-state index in [0.717, 1.165) is 0 Å². The second-order valence-electron chi connectivity index (χ2n) is 26.7. The number of hydrogen-bond acceptors (Lipinski definition) is 25. The fraction of sp³-hybridized carbons (Fsp3) is 0.625. The number of carbonyl (C=O) groups is 16. The van der Waals surface area contributed by atoms with Crippen molar-refractivity contribution in [3.63, 3.8) is 0 Å². The minimum Gasteiger partial charge on any atom is -0.481 e. The summed E-state index contributed by atoms with van der Waals surface area (Å²) in [6, 6.07) is -21.1. The fourth-order valence-corrected chi connectivity index (χ4v) is 10.5. The van der Waals surface area contributed by atoms with Gasteiger partial charge < -0.3 is 139 Å². The molecular weight excluding hydrogens is 1490 g/mol. The number of H-pyrrole nitrogens is 2. The maximum absolute atomic E-state index is 14.6. The second-order valence-corrected chi connectivity index (χ2v) is 27.0. The number of guanidine groups is 2. The number of nitrogens with zero attached hydrogens (tertiary/aromatic N) is 4. The van der Waals surface area contributed by atoms with Crippen molar-refractivity contribution < 1.29 is 102 Å². The van der Waals surface area contributed by atoms with Crippen LogP contribution in [0.5, 0.6) is 0 Å². The number of imidazole rings is 2. The molecule has 0 aromatic carbocycles. The maximum atomic E-state index is 14.6. The summed E-state index contributed by atoms with van der Waals surface area (Å²) >= 11 is 3.88. The highest BCUT2D eigenvalue weighted by Crippen LogP contribution is 2.14. The van der Waals surface area contributed by atoms with Crippen LogP contribution in [0.25, 0.3) is 0 Å². The van der Waals surface area contributed by atoms with Gasteiger partial charge in [0.1, 0.15) is 72.5 Å². The minimum absolute atomic E-state index is 0.00632. The van der Waals surface area contributed by atoms with E-state index >= 15 is 0 Å². The summed E-state index contributed by atoms with van der Waals surface area (Å²) in [6.07, 6.45) is 2.27. The number of rotatable bonds is 53. The zero-order valence-electron chi connectivity index (χ0n) is 62.2. The van der Waals surface area contributed by atoms with E-state index in [2.05, 4.69) is 112 Å². The monoisotopic (exact) mass is 1590 g/mol. The van der Waals surface area contributed by atoms with Crippen LogP contribution >= 0.6 is 12.6 Å². The summed E-state index contributed by atoms with van der Waals surface area (Å²) < 4.78 is 0. The van der Waals surface area contributed by atoms with Gasteiger partial charge in [-0.3, -0.25) is 81.9 Å². The van der Waals surface area contributed by atoms with Gasteiger partial charge in [0.15, 0.2) is 11.9 Å². The molecule has 0 spiro atoms. The van der Waals surface area contributed by atoms with Gasteiger partial charge in [0.05, 0.1) is 51.5 Å². The lowest BCUT2D eigenvalue weighted by atomic mass is 9.98. The van der Waals surface area contributed by atoms with Crippen LogP contribution in [0.15, 0.2) is 35.0 Å². The van der Waals surface area contributed by atoms with E-state index in [9.17, 15) is 102 Å². The lowest BCUT2D eigenvalue weighted by molar-refractivity contribution is -0.142. The van der Waals surface area contributed by atoms with Gasteiger partial charge >= 0.3 is 11.9 Å². The molecule has 0 saturated carbocycles. The van der Waals surface area contributed by atoms with Crippen LogP contribution in [0, 0.1) is 17.8 Å². The normalized spacial score (nSPS) is 14.6. The first-order chi connectivity index (χ1) is 52.2. The third-order valence-corrected chi connectivity index (χ3v) is 16.4. The maximum Gasteiger partial charge on any atom is 0.327 e. The first-order valence-corrected chi connectivity index (χ1v) is 35.8. The number of primary amides is 1. The molecule has 0 aliphatic rings. The number of aliphatic hydroxyl groups is 3. The Kier molecular flexibility index (Phi) is 42.8. The van der Waals surface area contributed by atoms with E-state index in [1.165, 1.54) is 38.9 Å². The molecule has 0 unspecified atom stereocenters. The largest absolute Gasteiger partial charge is 0.481 e. The van der Waals surface area contributed by atoms with Crippen LogP contribution in [0.4, 0.5) is 0 Å². The van der Waals surface area contributed by atoms with Gasteiger partial charge in [0.2, 0.25) is 82.7 Å². The van der Waals surface area contributed by atoms with Crippen LogP contribution in [0.3, 0.4) is 0 Å². The number of hydrogen-bond donors (Lipinski definition) is 27. The number of aliphatic hydroxyl groups excluding tert-OH is 3. The molecule has 2 aromatic rings. The number of aliphatic imine (C=N–C) groups is 2. The quantitative estimate of drug-likeness (QED) is 0.0127. The Morgan fingerprint density at radius 2 is 0.820 bits per heavy atom. The van der Waals surface area contributed by atoms with Gasteiger partial charge in [-0.15, -0.1) is 0 Å². The van der Waals surface area contributed by atoms with E-state index in [1.807, 2.05) is 0 Å². The predicted molar refractivity (Wildman–Crippen MR) is 396 cm³/mol. The number of amides is 14. The van der Waals surface area contributed by atoms with Crippen LogP contribution < -0.4 is 104 Å². The number of nitrogens with one attached hydrogen (secondary N) is 15. The molecule has 111 heavy (non-hydrogen) atoms. The Balaban J connectivity index is 2.43. The molecule has 46 nitrogen and oxygen atoms in total. The number of carbonyl (C=O) groups excluding carboxylic acids is 14. The predicted octanol–water partition coefficient (Wildman–Crippen LogP) is -11.2. The van der Waals surface area contributed by atoms with Crippen molar-refractivity contribution in [2.45, 2.75) is 191 Å². The van der Waals surface area contributed by atoms with Gasteiger partial charge in [0, 0.05) is 61.9 Å². The van der Waals surface area contributed by atoms with Crippen LogP contribution in [-0.2, 0) is 89.6 Å². The van der Waals surface area contributed by atoms with Crippen molar-refractivity contribution in [2.75, 3.05) is 45.2 Å². The van der Waals surface area contributed by atoms with Gasteiger partial charge in [-0.05, 0) is 62.7 Å². The number of nitrogens with two attached hydrogens (primary N) is 6. The average molecular weight is 1590 g/mol. The summed E-state index contributed by atoms with van der Waals surface area (Å²) in [6.45, 7) is 5.54. The van der Waals surface area contributed by atoms with E-state index < -0.39 is 218 Å². The summed E-state index contributed by atoms with van der Waals surface area (Å²) in [4.78, 5) is 236. The van der Waals surface area contributed by atoms with Crippen LogP contribution in [-0.4, -0.2) is 276 Å². The highest BCUT2D eigenvalue weighted by atomic mass is 32.1. The number of thiol groups is 1. The fourth-order valence-electron chi connectivity index (χ4n) is 10.2. The van der Waals surface area contributed by atoms with Crippen molar-refractivity contribution in [2.24, 2.45) is 62.1 Å². The Morgan fingerprint density at radius 3 is 1.23 bits per heavy atom. The highest BCUT2D eigenvalue weighted by molar-refractivity contribution is 7.80. The molecule has 14 amide bonds. The Bertz CT molecular complexity index is 3500. The van der Waals surface area contributed by atoms with Gasteiger partial charge in [-0.25, -0.2) is 14.8 Å². The molecule has 2 aromatic heterocycles. The van der Waals surface area contributed by atoms with Crippen molar-refractivity contribution in [3.8, 4) is 0 Å². The standard InChI is InChI=1S/C64H107N25O21S/c1-29(2)15-37(55(102)85-42(23-90)51(98)75-22-47(94)78-36(11-12-46(66)93)53(100)88-45(26-111)62(109)110)81-52(99)35(10-8-14-74-64(69)70)79-59(106)43(24-91)86-56(103)39(17-32-20-71-27-76-32)82-54(101)38(16-30(3)4)84-61(108)49(31(5)6)89-58(105)40(18-33-21-72-28-77-33)83-60(107)44(25-92)87-57(104)41(19-48(95)96)80-50(97)34(65)9-7-13-73-63(67)68/h20-21,27-31,34-45,49,90-92,111H,7-19,22-26,65H2,1-6H3,(H2,66,93)(H,71,76)(H,72,77)(H,75,98)(H,78,94)(H,79,106)(H,80,97)(H,81,99)(H,82,101)(H,83,107)(H,84,108)(H,85,102)(H,86,103)(H,87,104)(H,88,100)(H,89,105)(H,95,96)(H,109,110)(H4,67,68,73)(H4,69,70,74)/t34-,35-,36-,37-,38-,39-,40-,41-,42-,43-,44-,45-,49-/m0/s1. The average Bonchev–Trinajstić information content (AvgIpc) is 1.67. The topological polar surface area (TPSA) is 769 Å². The molecule has 620 valence electrons. The van der Waals surface area contributed by atoms with Gasteiger partial charge in [-0.1, -0.05) is 41.5 Å². The van der Waals surface area contributed by atoms with Crippen molar-refractivity contribution in [3.05, 3.63) is 36.4 Å². The molecule has 0 aliphatic heterocycles. The summed E-state index contributed by atoms with van der Waals surface area (Å²) in [5, 5.41) is 80.9. The summed E-state index contributed by atoms with van der Waals surface area (Å²) in [7, 11) is 0. The van der Waals surface area contributed by atoms with Crippen LogP contribution in [0.2, 0.25) is 0 Å². The van der Waals surface area contributed by atoms with Gasteiger partial charge in [-0.2, -0.15) is 12.6 Å². The summed E-state index contributed by atoms with van der Waals surface area (Å²) in [5.41, 5.74) is 33.3. The van der Waals surface area contributed by atoms with Crippen molar-refractivity contribution in [1.29, 1.82) is 0 Å². The Hall–Kier alpha value is -11.3. The molecule has 47 heteroatoms. The lowest BCUT2D eigenvalue weighted by Crippen LogP contribution is -2.62. The van der Waals surface area contributed by atoms with E-state index in [0.29, 0.717) is 0 Å². The first kappa shape index (κ1) is 95.7. The minimum atomic E-state index is -1.90. The Morgan fingerprint density at radius 1 is 0.450 bits per heavy atom. The number of carboxylic acids is 2. The third kappa shape index (κ3) is 36.6. The first-order valence-electron chi connectivity index (χ1n) is 35.1. The third-order valence-electron chi connectivity index (χ3n) is 16.0. The number of aromatic amines is 2. The van der Waals surface area contributed by atoms with E-state index in [-0.39, 0.29) is 112 Å². The molecule has 0 radical (unpaired) electrons. The number of carboxylic acid groups (broad SMARTS) is 2. The van der Waals surface area contributed by atoms with Crippen LogP contribution in [0.1, 0.15) is 111 Å². The molecular formula is C64H107N25O21S. The highest BCUT2D eigenvalue weighted by Gasteiger charge is 2.38. The molecule has 0 fully saturated rings. The Labute approximate surface area is 642 Å². The second kappa shape index (κ2) is 49.7. The van der Waals surface area contributed by atoms with Crippen molar-refractivity contribution in [1.82, 2.24) is 89.1 Å². The molecule has 2 rings (SSSR count). The van der Waals surface area contributed by atoms with E-state index in [4.69, 9.17) is 34.4 Å². The summed E-state index contributed by atoms with van der Waals surface area (Å²) in [5.74, 6) is -20.2. The van der Waals surface area contributed by atoms with Crippen molar-refractivity contribution >= 4 is 119 Å². The lowest BCUT2D eigenvalue weighted by Gasteiger charge is -2.29. The van der Waals surface area contributed by atoms with E-state index in [1.54, 1.807) is 27.7 Å². The number of aromatic nitrogens is 4. The molecule has 32 N–H and O–H groups in total. The molecule has 0 aliphatic carbocycles.